The number of para-hydroxylation sites is 2. The summed E-state index contributed by atoms with van der Waals surface area (Å²) in [6.07, 6.45) is -0.747. The highest BCUT2D eigenvalue weighted by Crippen LogP contribution is 2.46. The number of phenols is 7. The van der Waals surface area contributed by atoms with Crippen molar-refractivity contribution >= 4 is 5.97 Å². The molecule has 2 atom stereocenters. The van der Waals surface area contributed by atoms with Crippen LogP contribution in [-0.2, 0) is 4.74 Å². The van der Waals surface area contributed by atoms with Crippen molar-refractivity contribution in [1.82, 2.24) is 0 Å². The molecule has 0 fully saturated rings. The predicted molar refractivity (Wildman–Crippen MR) is 176 cm³/mol. The molecule has 0 amide bonds. The van der Waals surface area contributed by atoms with Crippen LogP contribution in [0, 0.1) is 6.92 Å². The maximum atomic E-state index is 12.3. The second kappa shape index (κ2) is 24.0. The van der Waals surface area contributed by atoms with Crippen molar-refractivity contribution < 1.29 is 50.0 Å². The lowest BCUT2D eigenvalue weighted by molar-refractivity contribution is 0.00400. The first-order chi connectivity index (χ1) is 21.0. The maximum Gasteiger partial charge on any atom is 0.338 e. The van der Waals surface area contributed by atoms with Crippen LogP contribution in [0.5, 0.6) is 46.0 Å². The molecule has 0 bridgehead atoms. The average molecular weight is 623 g/mol. The number of rotatable bonds is 2. The highest BCUT2D eigenvalue weighted by Gasteiger charge is 2.35. The summed E-state index contributed by atoms with van der Waals surface area (Å²) in [5.41, 5.74) is 0.741. The molecule has 3 aromatic carbocycles. The Morgan fingerprint density at radius 3 is 1.52 bits per heavy atom. The first-order valence-electron chi connectivity index (χ1n) is 15.1. The van der Waals surface area contributed by atoms with Gasteiger partial charge in [0.1, 0.15) is 30.0 Å². The summed E-state index contributed by atoms with van der Waals surface area (Å²) in [5.74, 6) is -3.38. The fourth-order valence-corrected chi connectivity index (χ4v) is 3.40. The van der Waals surface area contributed by atoms with Crippen molar-refractivity contribution in [2.24, 2.45) is 0 Å². The zero-order valence-corrected chi connectivity index (χ0v) is 28.3. The normalized spacial score (nSPS) is 13.4. The van der Waals surface area contributed by atoms with Crippen molar-refractivity contribution in [3.8, 4) is 46.0 Å². The van der Waals surface area contributed by atoms with Crippen LogP contribution in [0.1, 0.15) is 104 Å². The maximum absolute atomic E-state index is 12.3. The number of fused-ring (bicyclic) bond motifs is 1. The van der Waals surface area contributed by atoms with Gasteiger partial charge < -0.3 is 45.2 Å². The zero-order chi connectivity index (χ0) is 35.2. The monoisotopic (exact) mass is 622 g/mol. The third kappa shape index (κ3) is 12.4. The fourth-order valence-electron chi connectivity index (χ4n) is 3.40. The van der Waals surface area contributed by atoms with E-state index in [-0.39, 0.29) is 35.2 Å². The molecule has 0 saturated heterocycles. The third-order valence-electron chi connectivity index (χ3n) is 5.37. The number of benzene rings is 3. The molecule has 7 N–H and O–H groups in total. The SMILES string of the molecule is CC.CC.CC.CC.CC.Cc1c(O)cc(O)c2c1OCC(OC(=O)c1cc(O)c(O)c(O)c1)C2C.Oc1ccccc1O. The van der Waals surface area contributed by atoms with E-state index in [1.54, 1.807) is 26.0 Å². The second-order valence-corrected chi connectivity index (χ2v) is 7.68. The van der Waals surface area contributed by atoms with Gasteiger partial charge in [-0.05, 0) is 31.2 Å². The van der Waals surface area contributed by atoms with Crippen molar-refractivity contribution in [3.05, 3.63) is 59.2 Å². The molecule has 0 saturated carbocycles. The van der Waals surface area contributed by atoms with E-state index in [2.05, 4.69) is 0 Å². The van der Waals surface area contributed by atoms with E-state index in [1.165, 1.54) is 18.2 Å². The van der Waals surface area contributed by atoms with Crippen LogP contribution >= 0.6 is 0 Å². The van der Waals surface area contributed by atoms with E-state index >= 15 is 0 Å². The number of esters is 1. The highest BCUT2D eigenvalue weighted by atomic mass is 16.6. The summed E-state index contributed by atoms with van der Waals surface area (Å²) in [6.45, 7) is 23.4. The Kier molecular flexibility index (Phi) is 24.0. The molecule has 0 spiro atoms. The topological polar surface area (TPSA) is 177 Å². The van der Waals surface area contributed by atoms with Crippen LogP contribution in [0.3, 0.4) is 0 Å². The number of phenolic OH excluding ortho intramolecular Hbond substituents is 7. The van der Waals surface area contributed by atoms with E-state index in [0.717, 1.165) is 12.1 Å². The number of carbonyl (C=O) groups is 1. The van der Waals surface area contributed by atoms with Crippen molar-refractivity contribution in [1.29, 1.82) is 0 Å². The molecule has 44 heavy (non-hydrogen) atoms. The minimum absolute atomic E-state index is 0.000310. The van der Waals surface area contributed by atoms with E-state index < -0.39 is 35.2 Å². The van der Waals surface area contributed by atoms with Crippen molar-refractivity contribution in [2.75, 3.05) is 6.61 Å². The predicted octanol–water partition coefficient (Wildman–Crippen LogP) is 8.47. The minimum Gasteiger partial charge on any atom is -0.507 e. The first kappa shape index (κ1) is 44.0. The highest BCUT2D eigenvalue weighted by molar-refractivity contribution is 5.91. The van der Waals surface area contributed by atoms with Gasteiger partial charge in [0.05, 0.1) is 5.56 Å². The second-order valence-electron chi connectivity index (χ2n) is 7.68. The summed E-state index contributed by atoms with van der Waals surface area (Å²) >= 11 is 0. The molecule has 0 radical (unpaired) electrons. The molecular weight excluding hydrogens is 568 g/mol. The number of aromatic hydroxyl groups is 7. The minimum atomic E-state index is -0.838. The van der Waals surface area contributed by atoms with E-state index in [9.17, 15) is 30.3 Å². The van der Waals surface area contributed by atoms with Crippen LogP contribution in [0.15, 0.2) is 42.5 Å². The molecule has 4 rings (SSSR count). The molecule has 3 aromatic rings. The van der Waals surface area contributed by atoms with E-state index in [1.807, 2.05) is 69.2 Å². The molecular formula is C34H54O10. The lowest BCUT2D eigenvalue weighted by atomic mass is 9.89. The largest absolute Gasteiger partial charge is 0.507 e. The smallest absolute Gasteiger partial charge is 0.338 e. The number of hydrogen-bond donors (Lipinski definition) is 7. The molecule has 1 heterocycles. The third-order valence-corrected chi connectivity index (χ3v) is 5.37. The van der Waals surface area contributed by atoms with Gasteiger partial charge in [0, 0.05) is 23.1 Å². The van der Waals surface area contributed by atoms with Gasteiger partial charge >= 0.3 is 5.97 Å². The van der Waals surface area contributed by atoms with Crippen LogP contribution < -0.4 is 4.74 Å². The summed E-state index contributed by atoms with van der Waals surface area (Å²) in [6, 6.07) is 9.29. The number of carbonyl (C=O) groups excluding carboxylic acids is 1. The van der Waals surface area contributed by atoms with Crippen molar-refractivity contribution in [2.45, 2.75) is 95.1 Å². The van der Waals surface area contributed by atoms with Crippen LogP contribution in [0.2, 0.25) is 0 Å². The van der Waals surface area contributed by atoms with Gasteiger partial charge in [0.25, 0.3) is 0 Å². The molecule has 10 heteroatoms. The van der Waals surface area contributed by atoms with Crippen LogP contribution in [0.25, 0.3) is 0 Å². The summed E-state index contributed by atoms with van der Waals surface area (Å²) in [5, 5.41) is 65.6. The average Bonchev–Trinajstić information content (AvgIpc) is 3.06. The first-order valence-corrected chi connectivity index (χ1v) is 15.1. The lowest BCUT2D eigenvalue weighted by Crippen LogP contribution is -2.34. The van der Waals surface area contributed by atoms with Crippen molar-refractivity contribution in [3.63, 3.8) is 0 Å². The van der Waals surface area contributed by atoms with Gasteiger partial charge in [-0.2, -0.15) is 0 Å². The zero-order valence-electron chi connectivity index (χ0n) is 28.3. The fraction of sp³-hybridized carbons (Fsp3) is 0.441. The Bertz CT molecular complexity index is 1180. The van der Waals surface area contributed by atoms with E-state index in [0.29, 0.717) is 16.9 Å². The van der Waals surface area contributed by atoms with Gasteiger partial charge in [0.2, 0.25) is 0 Å². The molecule has 1 aliphatic rings. The van der Waals surface area contributed by atoms with Crippen LogP contribution in [-0.4, -0.2) is 54.4 Å². The number of ether oxygens (including phenoxy) is 2. The Morgan fingerprint density at radius 2 is 1.11 bits per heavy atom. The molecule has 0 aromatic heterocycles. The standard InChI is InChI=1S/C18H18O8.C6H6O2.5C2H6/c1-7-10(19)5-11(20)15-8(2)14(6-25-17(7)15)26-18(24)9-3-12(21)16(23)13(22)4-9;7-5-3-1-2-4-6(5)8;5*1-2/h3-5,8,14,19-23H,6H2,1-2H3;1-4,7-8H;5*1-2H3. The van der Waals surface area contributed by atoms with Gasteiger partial charge in [-0.25, -0.2) is 4.79 Å². The molecule has 250 valence electrons. The summed E-state index contributed by atoms with van der Waals surface area (Å²) < 4.78 is 10.9. The number of hydrogen-bond acceptors (Lipinski definition) is 10. The Labute approximate surface area is 262 Å². The van der Waals surface area contributed by atoms with Crippen LogP contribution in [0.4, 0.5) is 0 Å². The molecule has 0 aliphatic carbocycles. The summed E-state index contributed by atoms with van der Waals surface area (Å²) in [4.78, 5) is 12.3. The molecule has 10 nitrogen and oxygen atoms in total. The lowest BCUT2D eigenvalue weighted by Gasteiger charge is -2.32. The van der Waals surface area contributed by atoms with E-state index in [4.69, 9.17) is 19.7 Å². The van der Waals surface area contributed by atoms with Gasteiger partial charge in [-0.15, -0.1) is 0 Å². The van der Waals surface area contributed by atoms with Gasteiger partial charge in [-0.3, -0.25) is 0 Å². The Morgan fingerprint density at radius 1 is 0.682 bits per heavy atom. The molecule has 1 aliphatic heterocycles. The van der Waals surface area contributed by atoms with Gasteiger partial charge in [-0.1, -0.05) is 88.3 Å². The molecule has 2 unspecified atom stereocenters. The Balaban J connectivity index is -0.000000778. The van der Waals surface area contributed by atoms with Gasteiger partial charge in [0.15, 0.2) is 28.7 Å². The quantitative estimate of drug-likeness (QED) is 0.108. The summed E-state index contributed by atoms with van der Waals surface area (Å²) in [7, 11) is 0. The Hall–Kier alpha value is -4.47.